The van der Waals surface area contributed by atoms with Gasteiger partial charge in [-0.15, -0.1) is 11.3 Å². The van der Waals surface area contributed by atoms with Gasteiger partial charge in [-0.3, -0.25) is 0 Å². The van der Waals surface area contributed by atoms with E-state index in [1.165, 1.54) is 16.9 Å². The fourth-order valence-electron chi connectivity index (χ4n) is 1.95. The van der Waals surface area contributed by atoms with E-state index >= 15 is 0 Å². The predicted octanol–water partition coefficient (Wildman–Crippen LogP) is 3.75. The largest absolute Gasteiger partial charge is 0.461 e. The number of thiazole rings is 1. The van der Waals surface area contributed by atoms with Crippen LogP contribution in [0.25, 0.3) is 0 Å². The summed E-state index contributed by atoms with van der Waals surface area (Å²) in [5, 5.41) is 5.82. The molecule has 2 rings (SSSR count). The number of carbonyl (C=O) groups is 1. The average molecular weight is 304 g/mol. The Kier molecular flexibility index (Phi) is 5.75. The molecule has 21 heavy (non-hydrogen) atoms. The molecule has 0 aliphatic carbocycles. The van der Waals surface area contributed by atoms with E-state index in [-0.39, 0.29) is 5.97 Å². The molecule has 4 nitrogen and oxygen atoms in total. The molecule has 1 aromatic heterocycles. The highest BCUT2D eigenvalue weighted by molar-refractivity contribution is 7.13. The van der Waals surface area contributed by atoms with Crippen molar-refractivity contribution in [3.05, 3.63) is 47.0 Å². The molecule has 0 saturated carbocycles. The molecule has 0 fully saturated rings. The SMILES string of the molecule is CCOC(=O)c1csc(NC(C)CCc2ccccc2)n1. The second kappa shape index (κ2) is 7.78. The number of hydrogen-bond acceptors (Lipinski definition) is 5. The molecule has 1 atom stereocenters. The van der Waals surface area contributed by atoms with Crippen LogP contribution in [0.4, 0.5) is 5.13 Å². The summed E-state index contributed by atoms with van der Waals surface area (Å²) >= 11 is 1.43. The number of aromatic nitrogens is 1. The second-order valence-electron chi connectivity index (χ2n) is 4.83. The Labute approximate surface area is 129 Å². The summed E-state index contributed by atoms with van der Waals surface area (Å²) in [5.41, 5.74) is 1.71. The number of nitrogens with one attached hydrogen (secondary N) is 1. The molecular formula is C16H20N2O2S. The topological polar surface area (TPSA) is 51.2 Å². The summed E-state index contributed by atoms with van der Waals surface area (Å²) in [5.74, 6) is -0.362. The van der Waals surface area contributed by atoms with Gasteiger partial charge in [-0.05, 0) is 32.3 Å². The molecule has 0 aliphatic rings. The zero-order valence-corrected chi connectivity index (χ0v) is 13.2. The van der Waals surface area contributed by atoms with E-state index in [1.807, 2.05) is 6.07 Å². The van der Waals surface area contributed by atoms with Crippen LogP contribution in [-0.4, -0.2) is 23.6 Å². The highest BCUT2D eigenvalue weighted by Crippen LogP contribution is 2.18. The summed E-state index contributed by atoms with van der Waals surface area (Å²) < 4.78 is 4.93. The maximum absolute atomic E-state index is 11.5. The van der Waals surface area contributed by atoms with Crippen molar-refractivity contribution in [3.8, 4) is 0 Å². The van der Waals surface area contributed by atoms with Crippen LogP contribution >= 0.6 is 11.3 Å². The third kappa shape index (κ3) is 4.86. The van der Waals surface area contributed by atoms with Crippen LogP contribution in [-0.2, 0) is 11.2 Å². The Morgan fingerprint density at radius 3 is 2.86 bits per heavy atom. The van der Waals surface area contributed by atoms with E-state index in [9.17, 15) is 4.79 Å². The Bertz CT molecular complexity index is 569. The summed E-state index contributed by atoms with van der Waals surface area (Å²) in [4.78, 5) is 15.8. The molecule has 0 amide bonds. The molecule has 5 heteroatoms. The lowest BCUT2D eigenvalue weighted by Gasteiger charge is -2.12. The Balaban J connectivity index is 1.82. The van der Waals surface area contributed by atoms with Crippen LogP contribution in [0, 0.1) is 0 Å². The van der Waals surface area contributed by atoms with E-state index < -0.39 is 0 Å². The molecule has 0 radical (unpaired) electrons. The van der Waals surface area contributed by atoms with E-state index in [2.05, 4.69) is 41.5 Å². The highest BCUT2D eigenvalue weighted by Gasteiger charge is 2.12. The molecule has 112 valence electrons. The zero-order chi connectivity index (χ0) is 15.1. The number of anilines is 1. The minimum absolute atomic E-state index is 0.298. The molecule has 0 saturated heterocycles. The monoisotopic (exact) mass is 304 g/mol. The molecule has 1 heterocycles. The number of esters is 1. The molecule has 1 aromatic carbocycles. The van der Waals surface area contributed by atoms with E-state index in [0.717, 1.165) is 18.0 Å². The van der Waals surface area contributed by atoms with E-state index in [4.69, 9.17) is 4.74 Å². The summed E-state index contributed by atoms with van der Waals surface area (Å²) in [6.45, 7) is 4.27. The number of rotatable bonds is 7. The van der Waals surface area contributed by atoms with Crippen molar-refractivity contribution in [1.82, 2.24) is 4.98 Å². The standard InChI is InChI=1S/C16H20N2O2S/c1-3-20-15(19)14-11-21-16(18-14)17-12(2)9-10-13-7-5-4-6-8-13/h4-8,11-12H,3,9-10H2,1-2H3,(H,17,18). The van der Waals surface area contributed by atoms with Gasteiger partial charge < -0.3 is 10.1 Å². The van der Waals surface area contributed by atoms with Gasteiger partial charge in [-0.1, -0.05) is 30.3 Å². The van der Waals surface area contributed by atoms with E-state index in [0.29, 0.717) is 18.3 Å². The highest BCUT2D eigenvalue weighted by atomic mass is 32.1. The predicted molar refractivity (Wildman–Crippen MR) is 85.9 cm³/mol. The number of benzene rings is 1. The van der Waals surface area contributed by atoms with Gasteiger partial charge in [0.05, 0.1) is 6.61 Å². The van der Waals surface area contributed by atoms with Gasteiger partial charge in [0.25, 0.3) is 0 Å². The van der Waals surface area contributed by atoms with Gasteiger partial charge >= 0.3 is 5.97 Å². The minimum Gasteiger partial charge on any atom is -0.461 e. The lowest BCUT2D eigenvalue weighted by molar-refractivity contribution is 0.0520. The first-order valence-corrected chi connectivity index (χ1v) is 8.00. The fourth-order valence-corrected chi connectivity index (χ4v) is 2.74. The number of ether oxygens (including phenoxy) is 1. The lowest BCUT2D eigenvalue weighted by atomic mass is 10.1. The third-order valence-electron chi connectivity index (χ3n) is 3.07. The van der Waals surface area contributed by atoms with Gasteiger partial charge in [0, 0.05) is 11.4 Å². The van der Waals surface area contributed by atoms with Crippen molar-refractivity contribution < 1.29 is 9.53 Å². The average Bonchev–Trinajstić information content (AvgIpc) is 2.95. The van der Waals surface area contributed by atoms with Crippen LogP contribution < -0.4 is 5.32 Å². The number of hydrogen-bond donors (Lipinski definition) is 1. The molecule has 0 bridgehead atoms. The van der Waals surface area contributed by atoms with Gasteiger partial charge in [0.1, 0.15) is 0 Å². The number of aryl methyl sites for hydroxylation is 1. The van der Waals surface area contributed by atoms with Gasteiger partial charge in [-0.2, -0.15) is 0 Å². The third-order valence-corrected chi connectivity index (χ3v) is 3.84. The minimum atomic E-state index is -0.362. The van der Waals surface area contributed by atoms with Gasteiger partial charge in [0.15, 0.2) is 10.8 Å². The van der Waals surface area contributed by atoms with Crippen molar-refractivity contribution in [2.45, 2.75) is 32.7 Å². The van der Waals surface area contributed by atoms with Gasteiger partial charge in [0.2, 0.25) is 0 Å². The first-order valence-electron chi connectivity index (χ1n) is 7.12. The Morgan fingerprint density at radius 1 is 1.38 bits per heavy atom. The fraction of sp³-hybridized carbons (Fsp3) is 0.375. The van der Waals surface area contributed by atoms with Crippen LogP contribution in [0.3, 0.4) is 0 Å². The molecule has 1 N–H and O–H groups in total. The molecule has 0 aliphatic heterocycles. The summed E-state index contributed by atoms with van der Waals surface area (Å²) in [6, 6.07) is 10.7. The maximum Gasteiger partial charge on any atom is 0.357 e. The quantitative estimate of drug-likeness (QED) is 0.791. The van der Waals surface area contributed by atoms with Crippen LogP contribution in [0.15, 0.2) is 35.7 Å². The van der Waals surface area contributed by atoms with Crippen molar-refractivity contribution in [2.75, 3.05) is 11.9 Å². The molecule has 1 unspecified atom stereocenters. The zero-order valence-electron chi connectivity index (χ0n) is 12.3. The van der Waals surface area contributed by atoms with Crippen molar-refractivity contribution in [1.29, 1.82) is 0 Å². The van der Waals surface area contributed by atoms with Crippen LogP contribution in [0.1, 0.15) is 36.3 Å². The molecular weight excluding hydrogens is 284 g/mol. The Morgan fingerprint density at radius 2 is 2.14 bits per heavy atom. The first-order chi connectivity index (χ1) is 10.2. The normalized spacial score (nSPS) is 11.9. The summed E-state index contributed by atoms with van der Waals surface area (Å²) in [6.07, 6.45) is 2.03. The molecule has 2 aromatic rings. The van der Waals surface area contributed by atoms with Crippen molar-refractivity contribution in [2.24, 2.45) is 0 Å². The Hall–Kier alpha value is -1.88. The number of nitrogens with zero attached hydrogens (tertiary/aromatic N) is 1. The van der Waals surface area contributed by atoms with Gasteiger partial charge in [-0.25, -0.2) is 9.78 Å². The van der Waals surface area contributed by atoms with E-state index in [1.54, 1.807) is 12.3 Å². The molecule has 0 spiro atoms. The smallest absolute Gasteiger partial charge is 0.357 e. The lowest BCUT2D eigenvalue weighted by Crippen LogP contribution is -2.16. The maximum atomic E-state index is 11.5. The number of carbonyl (C=O) groups excluding carboxylic acids is 1. The summed E-state index contributed by atoms with van der Waals surface area (Å²) in [7, 11) is 0. The van der Waals surface area contributed by atoms with Crippen molar-refractivity contribution >= 4 is 22.4 Å². The first kappa shape index (κ1) is 15.5. The van der Waals surface area contributed by atoms with Crippen LogP contribution in [0.5, 0.6) is 0 Å². The second-order valence-corrected chi connectivity index (χ2v) is 5.69. The van der Waals surface area contributed by atoms with Crippen LogP contribution in [0.2, 0.25) is 0 Å². The van der Waals surface area contributed by atoms with Crippen molar-refractivity contribution in [3.63, 3.8) is 0 Å².